The van der Waals surface area contributed by atoms with Crippen molar-refractivity contribution in [2.24, 2.45) is 5.92 Å². The van der Waals surface area contributed by atoms with Gasteiger partial charge in [-0.3, -0.25) is 4.79 Å². The molecule has 1 heterocycles. The number of urea groups is 1. The number of halogens is 1. The van der Waals surface area contributed by atoms with Crippen LogP contribution in [0.15, 0.2) is 18.2 Å². The average Bonchev–Trinajstić information content (AvgIpc) is 2.51. The quantitative estimate of drug-likeness (QED) is 0.768. The number of hydrogen-bond donors (Lipinski definition) is 3. The largest absolute Gasteiger partial charge is 0.493 e. The first-order valence-electron chi connectivity index (χ1n) is 7.74. The second-order valence-corrected chi connectivity index (χ2v) is 5.98. The molecule has 0 aliphatic carbocycles. The topological polar surface area (TPSA) is 79.5 Å². The summed E-state index contributed by atoms with van der Waals surface area (Å²) in [6.07, 6.45) is 0.850. The van der Waals surface area contributed by atoms with E-state index in [-0.39, 0.29) is 17.9 Å². The number of carbonyl (C=O) groups excluding carboxylic acids is 2. The molecule has 7 heteroatoms. The molecule has 1 aromatic carbocycles. The lowest BCUT2D eigenvalue weighted by Gasteiger charge is -2.29. The fourth-order valence-corrected chi connectivity index (χ4v) is 2.66. The molecule has 1 aliphatic heterocycles. The molecule has 3 amide bonds. The van der Waals surface area contributed by atoms with Gasteiger partial charge in [0.15, 0.2) is 0 Å². The fraction of sp³-hybridized carbons (Fsp3) is 0.500. The molecular weight excluding hydrogens is 318 g/mol. The lowest BCUT2D eigenvalue weighted by Crippen LogP contribution is -2.56. The number of piperidine rings is 1. The lowest BCUT2D eigenvalue weighted by atomic mass is 9.94. The van der Waals surface area contributed by atoms with Gasteiger partial charge in [0, 0.05) is 23.7 Å². The van der Waals surface area contributed by atoms with Crippen molar-refractivity contribution < 1.29 is 14.3 Å². The zero-order valence-electron chi connectivity index (χ0n) is 13.3. The Bertz CT molecular complexity index is 580. The third kappa shape index (κ3) is 4.76. The van der Waals surface area contributed by atoms with Crippen molar-refractivity contribution in [3.63, 3.8) is 0 Å². The molecule has 0 saturated carbocycles. The maximum absolute atomic E-state index is 12.0. The Labute approximate surface area is 140 Å². The molecule has 2 atom stereocenters. The molecule has 0 spiro atoms. The maximum Gasteiger partial charge on any atom is 0.315 e. The number of nitrogens with one attached hydrogen (secondary N) is 3. The van der Waals surface area contributed by atoms with E-state index in [1.54, 1.807) is 12.1 Å². The predicted octanol–water partition coefficient (Wildman–Crippen LogP) is 2.06. The second-order valence-electron chi connectivity index (χ2n) is 5.55. The first-order chi connectivity index (χ1) is 11.0. The van der Waals surface area contributed by atoms with E-state index in [1.807, 2.05) is 19.9 Å². The van der Waals surface area contributed by atoms with E-state index in [1.165, 1.54) is 0 Å². The van der Waals surface area contributed by atoms with E-state index in [9.17, 15) is 9.59 Å². The highest BCUT2D eigenvalue weighted by Gasteiger charge is 2.29. The summed E-state index contributed by atoms with van der Waals surface area (Å²) in [5.41, 5.74) is 0.826. The standard InChI is InChI=1S/C16H22ClN3O3/c1-3-23-13-8-12(17)5-4-11(13)9-19-16(22)20-14-10(2)6-7-18-15(14)21/h4-5,8,10,14H,3,6-7,9H2,1-2H3,(H,18,21)(H2,19,20,22). The van der Waals surface area contributed by atoms with Gasteiger partial charge in [0.05, 0.1) is 6.61 Å². The van der Waals surface area contributed by atoms with Gasteiger partial charge in [-0.2, -0.15) is 0 Å². The van der Waals surface area contributed by atoms with E-state index in [0.717, 1.165) is 12.0 Å². The number of carbonyl (C=O) groups is 2. The maximum atomic E-state index is 12.0. The van der Waals surface area contributed by atoms with Gasteiger partial charge in [-0.05, 0) is 31.4 Å². The van der Waals surface area contributed by atoms with Crippen molar-refractivity contribution in [3.8, 4) is 5.75 Å². The predicted molar refractivity (Wildman–Crippen MR) is 88.6 cm³/mol. The van der Waals surface area contributed by atoms with Crippen LogP contribution in [0.4, 0.5) is 4.79 Å². The van der Waals surface area contributed by atoms with Gasteiger partial charge in [0.1, 0.15) is 11.8 Å². The molecule has 0 aromatic heterocycles. The minimum absolute atomic E-state index is 0.115. The Morgan fingerprint density at radius 2 is 2.26 bits per heavy atom. The van der Waals surface area contributed by atoms with Gasteiger partial charge < -0.3 is 20.7 Å². The molecule has 1 aromatic rings. The molecule has 6 nitrogen and oxygen atoms in total. The van der Waals surface area contributed by atoms with Gasteiger partial charge >= 0.3 is 6.03 Å². The first-order valence-corrected chi connectivity index (χ1v) is 8.12. The minimum Gasteiger partial charge on any atom is -0.493 e. The number of amides is 3. The molecule has 1 aliphatic rings. The second kappa shape index (κ2) is 8.06. The average molecular weight is 340 g/mol. The van der Waals surface area contributed by atoms with Crippen molar-refractivity contribution in [1.29, 1.82) is 0 Å². The van der Waals surface area contributed by atoms with Crippen LogP contribution in [0.2, 0.25) is 5.02 Å². The van der Waals surface area contributed by atoms with Crippen LogP contribution in [-0.4, -0.2) is 31.1 Å². The van der Waals surface area contributed by atoms with Gasteiger partial charge in [-0.1, -0.05) is 24.6 Å². The van der Waals surface area contributed by atoms with E-state index < -0.39 is 6.04 Å². The number of ether oxygens (including phenoxy) is 1. The Morgan fingerprint density at radius 3 is 2.96 bits per heavy atom. The van der Waals surface area contributed by atoms with Gasteiger partial charge in [-0.15, -0.1) is 0 Å². The normalized spacial score (nSPS) is 20.6. The van der Waals surface area contributed by atoms with Gasteiger partial charge in [-0.25, -0.2) is 4.79 Å². The van der Waals surface area contributed by atoms with E-state index in [2.05, 4.69) is 16.0 Å². The van der Waals surface area contributed by atoms with Crippen LogP contribution in [0.3, 0.4) is 0 Å². The Hall–Kier alpha value is -1.95. The molecule has 0 radical (unpaired) electrons. The number of rotatable bonds is 5. The SMILES string of the molecule is CCOc1cc(Cl)ccc1CNC(=O)NC1C(=O)NCCC1C. The van der Waals surface area contributed by atoms with Crippen molar-refractivity contribution in [2.45, 2.75) is 32.9 Å². The summed E-state index contributed by atoms with van der Waals surface area (Å²) < 4.78 is 5.51. The summed E-state index contributed by atoms with van der Waals surface area (Å²) in [6, 6.07) is 4.40. The molecule has 3 N–H and O–H groups in total. The molecule has 23 heavy (non-hydrogen) atoms. The van der Waals surface area contributed by atoms with Crippen LogP contribution < -0.4 is 20.7 Å². The summed E-state index contributed by atoms with van der Waals surface area (Å²) >= 11 is 5.95. The summed E-state index contributed by atoms with van der Waals surface area (Å²) in [5.74, 6) is 0.619. The van der Waals surface area contributed by atoms with Gasteiger partial charge in [0.25, 0.3) is 0 Å². The van der Waals surface area contributed by atoms with Crippen LogP contribution in [0, 0.1) is 5.92 Å². The summed E-state index contributed by atoms with van der Waals surface area (Å²) in [4.78, 5) is 23.8. The monoisotopic (exact) mass is 339 g/mol. The van der Waals surface area contributed by atoms with Crippen molar-refractivity contribution in [2.75, 3.05) is 13.2 Å². The van der Waals surface area contributed by atoms with E-state index in [4.69, 9.17) is 16.3 Å². The number of benzene rings is 1. The third-order valence-electron chi connectivity index (χ3n) is 3.81. The Balaban J connectivity index is 1.92. The van der Waals surface area contributed by atoms with Crippen molar-refractivity contribution in [3.05, 3.63) is 28.8 Å². The van der Waals surface area contributed by atoms with Crippen LogP contribution >= 0.6 is 11.6 Å². The molecule has 0 bridgehead atoms. The molecule has 126 valence electrons. The lowest BCUT2D eigenvalue weighted by molar-refractivity contribution is -0.125. The molecule has 1 fully saturated rings. The van der Waals surface area contributed by atoms with Crippen LogP contribution in [0.1, 0.15) is 25.8 Å². The fourth-order valence-electron chi connectivity index (χ4n) is 2.50. The molecule has 2 rings (SSSR count). The van der Waals surface area contributed by atoms with Crippen molar-refractivity contribution >= 4 is 23.5 Å². The minimum atomic E-state index is -0.500. The van der Waals surface area contributed by atoms with E-state index >= 15 is 0 Å². The number of hydrogen-bond acceptors (Lipinski definition) is 3. The molecule has 1 saturated heterocycles. The highest BCUT2D eigenvalue weighted by molar-refractivity contribution is 6.30. The highest BCUT2D eigenvalue weighted by Crippen LogP contribution is 2.23. The van der Waals surface area contributed by atoms with Crippen LogP contribution in [0.5, 0.6) is 5.75 Å². The molecule has 2 unspecified atom stereocenters. The summed E-state index contributed by atoms with van der Waals surface area (Å²) in [7, 11) is 0. The van der Waals surface area contributed by atoms with Crippen LogP contribution in [0.25, 0.3) is 0 Å². The zero-order valence-corrected chi connectivity index (χ0v) is 14.1. The van der Waals surface area contributed by atoms with E-state index in [0.29, 0.717) is 30.5 Å². The summed E-state index contributed by atoms with van der Waals surface area (Å²) in [6.45, 7) is 5.30. The third-order valence-corrected chi connectivity index (χ3v) is 4.04. The Morgan fingerprint density at radius 1 is 1.48 bits per heavy atom. The smallest absolute Gasteiger partial charge is 0.315 e. The van der Waals surface area contributed by atoms with Crippen molar-refractivity contribution in [1.82, 2.24) is 16.0 Å². The molecular formula is C16H22ClN3O3. The van der Waals surface area contributed by atoms with Crippen LogP contribution in [-0.2, 0) is 11.3 Å². The zero-order chi connectivity index (χ0) is 16.8. The first kappa shape index (κ1) is 17.4. The Kier molecular flexibility index (Phi) is 6.10. The van der Waals surface area contributed by atoms with Gasteiger partial charge in [0.2, 0.25) is 5.91 Å². The highest BCUT2D eigenvalue weighted by atomic mass is 35.5. The summed E-state index contributed by atoms with van der Waals surface area (Å²) in [5, 5.41) is 8.81.